The molecule has 0 aromatic carbocycles. The fraction of sp³-hybridized carbons (Fsp3) is 0.333. The molecule has 0 rings (SSSR count). The van der Waals surface area contributed by atoms with Crippen LogP contribution in [0.3, 0.4) is 0 Å². The van der Waals surface area contributed by atoms with Gasteiger partial charge in [0.25, 0.3) is 0 Å². The Labute approximate surface area is 81.0 Å². The van der Waals surface area contributed by atoms with Crippen molar-refractivity contribution in [3.63, 3.8) is 0 Å². The molecule has 0 saturated carbocycles. The van der Waals surface area contributed by atoms with E-state index in [4.69, 9.17) is 0 Å². The molecule has 0 aliphatic carbocycles. The fourth-order valence-corrected chi connectivity index (χ4v) is 0. The molecule has 0 aromatic heterocycles. The Bertz CT molecular complexity index is 13.0. The normalized spacial score (nSPS) is 6.67. The maximum Gasteiger partial charge on any atom is 0 e. The molecule has 0 N–H and O–H groups in total. The molecule has 1 radical (unpaired) electrons. The third-order valence-electron chi connectivity index (χ3n) is 0. The second kappa shape index (κ2) is 54.8. The van der Waals surface area contributed by atoms with Crippen LogP contribution in [-0.4, -0.2) is 13.3 Å². The van der Waals surface area contributed by atoms with Crippen LogP contribution < -0.4 is 0 Å². The predicted molar refractivity (Wildman–Crippen MR) is 52.0 cm³/mol. The van der Waals surface area contributed by atoms with Gasteiger partial charge in [-0.25, -0.2) is 0 Å². The number of hydrogen-bond donors (Lipinski definition) is 0. The summed E-state index contributed by atoms with van der Waals surface area (Å²) in [6, 6.07) is 0. The third kappa shape index (κ3) is 217. The van der Waals surface area contributed by atoms with Gasteiger partial charge in [-0.3, -0.25) is 17.2 Å². The van der Waals surface area contributed by atoms with Gasteiger partial charge in [-0.05, 0) is 0 Å². The van der Waals surface area contributed by atoms with Crippen molar-refractivity contribution < 1.29 is 22.4 Å². The standard InChI is InChI=1S/2C2H6P.2CH3.Au/c2*1-3-2;;;/h2*3H,1H2,2H3;2*1H3;/q4*-1;. The summed E-state index contributed by atoms with van der Waals surface area (Å²) in [7, 11) is 1.67. The number of rotatable bonds is 0. The van der Waals surface area contributed by atoms with Crippen LogP contribution >= 0.6 is 17.2 Å². The van der Waals surface area contributed by atoms with E-state index in [9.17, 15) is 0 Å². The van der Waals surface area contributed by atoms with Crippen molar-refractivity contribution >= 4 is 17.2 Å². The van der Waals surface area contributed by atoms with Gasteiger partial charge in [-0.1, -0.05) is 13.3 Å². The quantitative estimate of drug-likeness (QED) is 0.358. The first-order valence-corrected chi connectivity index (χ1v) is 5.12. The summed E-state index contributed by atoms with van der Waals surface area (Å²) in [5.74, 6) is 0. The average Bonchev–Trinajstić information content (AvgIpc) is 1.39. The minimum Gasteiger partial charge on any atom is -0.358 e. The van der Waals surface area contributed by atoms with E-state index >= 15 is 0 Å². The van der Waals surface area contributed by atoms with E-state index in [0.29, 0.717) is 0 Å². The maximum absolute atomic E-state index is 3.51. The van der Waals surface area contributed by atoms with Crippen LogP contribution in [0.25, 0.3) is 0 Å². The van der Waals surface area contributed by atoms with E-state index in [2.05, 4.69) is 13.3 Å². The molecule has 2 atom stereocenters. The molecule has 2 unspecified atom stereocenters. The van der Waals surface area contributed by atoms with Crippen molar-refractivity contribution in [1.29, 1.82) is 0 Å². The van der Waals surface area contributed by atoms with Crippen LogP contribution in [-0.2, 0) is 22.4 Å². The van der Waals surface area contributed by atoms with Crippen molar-refractivity contribution in [2.45, 2.75) is 0 Å². The zero-order valence-corrected chi connectivity index (χ0v) is 10.9. The SMILES string of the molecule is [Au].[CH2-]PC.[CH2-]PC.[CH3-].[CH3-]. The van der Waals surface area contributed by atoms with Crippen molar-refractivity contribution in [2.75, 3.05) is 13.3 Å². The van der Waals surface area contributed by atoms with Gasteiger partial charge in [0.2, 0.25) is 0 Å². The molecule has 0 fully saturated rings. The molecule has 0 amide bonds. The van der Waals surface area contributed by atoms with Gasteiger partial charge >= 0.3 is 0 Å². The molecule has 0 nitrogen and oxygen atoms in total. The molecular weight excluding hydrogens is 331 g/mol. The monoisotopic (exact) mass is 349 g/mol. The minimum atomic E-state index is 0. The summed E-state index contributed by atoms with van der Waals surface area (Å²) in [6.45, 7) is 11.1. The molecule has 0 spiro atoms. The minimum absolute atomic E-state index is 0. The topological polar surface area (TPSA) is 0 Å². The van der Waals surface area contributed by atoms with Crippen molar-refractivity contribution in [3.05, 3.63) is 28.2 Å². The Morgan fingerprint density at radius 3 is 0.889 bits per heavy atom. The zero-order valence-electron chi connectivity index (χ0n) is 6.72. The van der Waals surface area contributed by atoms with Crippen LogP contribution in [0.2, 0.25) is 0 Å². The Hall–Kier alpha value is 1.60. The number of hydrogen-bond acceptors (Lipinski definition) is 0. The first-order chi connectivity index (χ1) is 2.83. The first-order valence-electron chi connectivity index (χ1n) is 1.71. The fourth-order valence-electron chi connectivity index (χ4n) is 0. The van der Waals surface area contributed by atoms with Crippen LogP contribution in [0, 0.1) is 28.2 Å². The molecule has 0 aliphatic heterocycles. The summed E-state index contributed by atoms with van der Waals surface area (Å²) in [5.41, 5.74) is 0. The Morgan fingerprint density at radius 2 is 0.889 bits per heavy atom. The van der Waals surface area contributed by atoms with E-state index in [-0.39, 0.29) is 37.2 Å². The van der Waals surface area contributed by atoms with Crippen molar-refractivity contribution in [1.82, 2.24) is 0 Å². The van der Waals surface area contributed by atoms with Gasteiger partial charge < -0.3 is 28.2 Å². The van der Waals surface area contributed by atoms with Gasteiger partial charge in [0.1, 0.15) is 0 Å². The summed E-state index contributed by atoms with van der Waals surface area (Å²) in [6.07, 6.45) is 0. The average molecular weight is 349 g/mol. The third-order valence-corrected chi connectivity index (χ3v) is 0. The van der Waals surface area contributed by atoms with Crippen LogP contribution in [0.4, 0.5) is 0 Å². The summed E-state index contributed by atoms with van der Waals surface area (Å²) >= 11 is 0. The van der Waals surface area contributed by atoms with Gasteiger partial charge in [0.15, 0.2) is 0 Å². The first kappa shape index (κ1) is 31.2. The molecule has 67 valence electrons. The second-order valence-electron chi connectivity index (χ2n) is 0.707. The Morgan fingerprint density at radius 1 is 0.889 bits per heavy atom. The van der Waals surface area contributed by atoms with E-state index in [1.165, 1.54) is 0 Å². The van der Waals surface area contributed by atoms with E-state index in [1.807, 2.05) is 13.3 Å². The molecule has 0 saturated heterocycles. The molecule has 9 heavy (non-hydrogen) atoms. The van der Waals surface area contributed by atoms with Crippen LogP contribution in [0.1, 0.15) is 0 Å². The molecule has 3 heteroatoms. The van der Waals surface area contributed by atoms with Crippen LogP contribution in [0.5, 0.6) is 0 Å². The zero-order chi connectivity index (χ0) is 5.41. The van der Waals surface area contributed by atoms with Gasteiger partial charge in [-0.15, -0.1) is 0 Å². The molecule has 0 aromatic rings. The van der Waals surface area contributed by atoms with E-state index in [0.717, 1.165) is 17.2 Å². The summed E-state index contributed by atoms with van der Waals surface area (Å²) in [5, 5.41) is 0. The Balaban J connectivity index is -0.00000000889. The van der Waals surface area contributed by atoms with Gasteiger partial charge in [0, 0.05) is 22.4 Å². The summed E-state index contributed by atoms with van der Waals surface area (Å²) in [4.78, 5) is 0. The molecule has 0 aliphatic rings. The summed E-state index contributed by atoms with van der Waals surface area (Å²) < 4.78 is 0. The van der Waals surface area contributed by atoms with Crippen molar-refractivity contribution in [3.8, 4) is 0 Å². The second-order valence-corrected chi connectivity index (χ2v) is 2.12. The van der Waals surface area contributed by atoms with Gasteiger partial charge in [0.05, 0.1) is 0 Å². The van der Waals surface area contributed by atoms with Crippen LogP contribution in [0.15, 0.2) is 0 Å². The molecular formula is C6H18AuP2-4. The smallest absolute Gasteiger partial charge is 0 e. The van der Waals surface area contributed by atoms with E-state index in [1.54, 1.807) is 0 Å². The molecule has 0 bridgehead atoms. The molecule has 0 heterocycles. The maximum atomic E-state index is 3.51. The Kier molecular flexibility index (Phi) is 190. The van der Waals surface area contributed by atoms with Gasteiger partial charge in [-0.2, -0.15) is 0 Å². The largest absolute Gasteiger partial charge is 0.358 e. The van der Waals surface area contributed by atoms with E-state index < -0.39 is 0 Å². The predicted octanol–water partition coefficient (Wildman–Crippen LogP) is 3.07. The van der Waals surface area contributed by atoms with Crippen molar-refractivity contribution in [2.24, 2.45) is 0 Å².